The predicted octanol–water partition coefficient (Wildman–Crippen LogP) is 6.10. The molecule has 0 amide bonds. The van der Waals surface area contributed by atoms with Crippen molar-refractivity contribution in [2.75, 3.05) is 37.7 Å². The molecule has 0 bridgehead atoms. The number of piperidine rings is 1. The zero-order valence-electron chi connectivity index (χ0n) is 25.2. The molecule has 2 aromatic carbocycles. The van der Waals surface area contributed by atoms with Crippen LogP contribution in [0.4, 0.5) is 19.0 Å². The Hall–Kier alpha value is -3.70. The molecule has 0 saturated carbocycles. The molecule has 4 atom stereocenters. The summed E-state index contributed by atoms with van der Waals surface area (Å²) in [6.07, 6.45) is 5.96. The first kappa shape index (κ1) is 28.8. The number of phenolic OH excluding ortho intramolecular Hbond substituents is 1. The number of fused-ring (bicyclic) bond motifs is 4. The molecule has 4 aliphatic heterocycles. The lowest BCUT2D eigenvalue weighted by Gasteiger charge is -2.38. The molecule has 8 nitrogen and oxygen atoms in total. The smallest absolute Gasteiger partial charge is 0.319 e. The number of aromatic nitrogens is 3. The third-order valence-electron chi connectivity index (χ3n) is 10.4. The van der Waals surface area contributed by atoms with E-state index in [2.05, 4.69) is 19.8 Å². The van der Waals surface area contributed by atoms with Crippen LogP contribution in [0.1, 0.15) is 51.0 Å². The molecule has 236 valence electrons. The minimum atomic E-state index is -0.907. The lowest BCUT2D eigenvalue weighted by molar-refractivity contribution is 0.0860. The monoisotopic (exact) mass is 619 g/mol. The molecule has 2 aromatic heterocycles. The first-order valence-corrected chi connectivity index (χ1v) is 16.1. The van der Waals surface area contributed by atoms with E-state index in [0.29, 0.717) is 53.5 Å². The van der Waals surface area contributed by atoms with Crippen molar-refractivity contribution in [2.24, 2.45) is 0 Å². The number of nitrogens with zero attached hydrogens (tertiary/aromatic N) is 5. The molecule has 1 N–H and O–H groups in total. The zero-order valence-corrected chi connectivity index (χ0v) is 25.2. The van der Waals surface area contributed by atoms with Crippen molar-refractivity contribution < 1.29 is 27.8 Å². The standard InChI is InChI=1S/C34H36F3N5O3/c1-2-22-25(36)7-6-19-13-21(43)14-23(28(19)22)30-29(37)31-24(16-38-30)32(42-11-3-5-27-26(42)8-12-44-27)40-33(39-31)45-18-34-9-4-10-41(34)17-20(35)15-34/h6-7,13-14,16,20,26-27,43H,2-5,8-12,15,17-18H2,1H3/t20-,26-,27-,34+/m1/s1. The molecule has 4 aromatic rings. The minimum absolute atomic E-state index is 0.0270. The molecule has 8 rings (SSSR count). The lowest BCUT2D eigenvalue weighted by atomic mass is 9.94. The van der Waals surface area contributed by atoms with Gasteiger partial charge >= 0.3 is 6.01 Å². The van der Waals surface area contributed by atoms with Gasteiger partial charge in [-0.3, -0.25) is 9.88 Å². The Kier molecular flexibility index (Phi) is 7.01. The summed E-state index contributed by atoms with van der Waals surface area (Å²) in [7, 11) is 0. The fourth-order valence-electron chi connectivity index (χ4n) is 8.33. The Morgan fingerprint density at radius 3 is 2.89 bits per heavy atom. The van der Waals surface area contributed by atoms with E-state index in [4.69, 9.17) is 14.5 Å². The molecular formula is C34H36F3N5O3. The van der Waals surface area contributed by atoms with Crippen LogP contribution in [0, 0.1) is 11.6 Å². The molecule has 0 spiro atoms. The van der Waals surface area contributed by atoms with E-state index < -0.39 is 23.3 Å². The largest absolute Gasteiger partial charge is 0.508 e. The minimum Gasteiger partial charge on any atom is -0.508 e. The molecule has 6 heterocycles. The number of benzene rings is 2. The number of anilines is 1. The van der Waals surface area contributed by atoms with Crippen molar-refractivity contribution >= 4 is 27.5 Å². The number of rotatable bonds is 6. The highest BCUT2D eigenvalue weighted by molar-refractivity contribution is 6.01. The van der Waals surface area contributed by atoms with Crippen molar-refractivity contribution in [2.45, 2.75) is 75.7 Å². The maximum absolute atomic E-state index is 16.9. The van der Waals surface area contributed by atoms with E-state index in [0.717, 1.165) is 45.2 Å². The highest BCUT2D eigenvalue weighted by Crippen LogP contribution is 2.43. The number of ether oxygens (including phenoxy) is 2. The van der Waals surface area contributed by atoms with Gasteiger partial charge in [0.1, 0.15) is 41.4 Å². The number of alkyl halides is 1. The summed E-state index contributed by atoms with van der Waals surface area (Å²) >= 11 is 0. The van der Waals surface area contributed by atoms with Crippen LogP contribution >= 0.6 is 0 Å². The summed E-state index contributed by atoms with van der Waals surface area (Å²) in [5.74, 6) is -0.659. The van der Waals surface area contributed by atoms with E-state index in [1.807, 2.05) is 6.92 Å². The van der Waals surface area contributed by atoms with Gasteiger partial charge in [-0.15, -0.1) is 0 Å². The van der Waals surface area contributed by atoms with E-state index >= 15 is 4.39 Å². The number of halogens is 3. The van der Waals surface area contributed by atoms with E-state index in [1.54, 1.807) is 12.3 Å². The fourth-order valence-corrected chi connectivity index (χ4v) is 8.33. The second-order valence-electron chi connectivity index (χ2n) is 12.9. The van der Waals surface area contributed by atoms with Gasteiger partial charge in [-0.05, 0) is 79.6 Å². The van der Waals surface area contributed by atoms with Crippen LogP contribution in [-0.4, -0.2) is 81.7 Å². The van der Waals surface area contributed by atoms with Crippen LogP contribution in [0.15, 0.2) is 30.5 Å². The van der Waals surface area contributed by atoms with Gasteiger partial charge in [0.15, 0.2) is 5.82 Å². The number of aromatic hydroxyl groups is 1. The van der Waals surface area contributed by atoms with E-state index in [1.165, 1.54) is 18.2 Å². The van der Waals surface area contributed by atoms with E-state index in [9.17, 15) is 13.9 Å². The Morgan fingerprint density at radius 2 is 2.02 bits per heavy atom. The number of aryl methyl sites for hydroxylation is 1. The molecular weight excluding hydrogens is 583 g/mol. The van der Waals surface area contributed by atoms with Crippen LogP contribution in [0.2, 0.25) is 0 Å². The van der Waals surface area contributed by atoms with Gasteiger partial charge in [0.25, 0.3) is 0 Å². The van der Waals surface area contributed by atoms with Crippen LogP contribution in [0.3, 0.4) is 0 Å². The maximum Gasteiger partial charge on any atom is 0.319 e. The number of phenols is 1. The van der Waals surface area contributed by atoms with Crippen LogP contribution < -0.4 is 9.64 Å². The number of pyridine rings is 1. The topological polar surface area (TPSA) is 83.8 Å². The molecule has 4 aliphatic rings. The molecule has 11 heteroatoms. The number of hydrogen-bond donors (Lipinski definition) is 1. The van der Waals surface area contributed by atoms with Crippen LogP contribution in [0.5, 0.6) is 11.8 Å². The van der Waals surface area contributed by atoms with Gasteiger partial charge in [-0.25, -0.2) is 13.2 Å². The third kappa shape index (κ3) is 4.69. The number of hydrogen-bond acceptors (Lipinski definition) is 8. The quantitative estimate of drug-likeness (QED) is 0.277. The molecule has 0 radical (unpaired) electrons. The van der Waals surface area contributed by atoms with Gasteiger partial charge in [0.05, 0.1) is 23.1 Å². The average Bonchev–Trinajstić information content (AvgIpc) is 3.74. The molecule has 0 unspecified atom stereocenters. The van der Waals surface area contributed by atoms with Crippen molar-refractivity contribution in [1.29, 1.82) is 0 Å². The summed E-state index contributed by atoms with van der Waals surface area (Å²) in [6.45, 7) is 4.64. The third-order valence-corrected chi connectivity index (χ3v) is 10.4. The summed E-state index contributed by atoms with van der Waals surface area (Å²) < 4.78 is 58.6. The second-order valence-corrected chi connectivity index (χ2v) is 12.9. The summed E-state index contributed by atoms with van der Waals surface area (Å²) in [4.78, 5) is 18.3. The van der Waals surface area contributed by atoms with Crippen LogP contribution in [-0.2, 0) is 11.2 Å². The SMILES string of the molecule is CCc1c(F)ccc2cc(O)cc(-c3ncc4c(N5CCC[C@H]6OCC[C@H]65)nc(OC[C@@]56CCCN5C[C@H](F)C6)nc4c3F)c12. The lowest BCUT2D eigenvalue weighted by Crippen LogP contribution is -2.46. The Labute approximate surface area is 259 Å². The maximum atomic E-state index is 16.9. The second kappa shape index (κ2) is 11.0. The average molecular weight is 620 g/mol. The first-order chi connectivity index (χ1) is 21.8. The normalized spacial score (nSPS) is 26.6. The van der Waals surface area contributed by atoms with Crippen molar-refractivity contribution in [3.8, 4) is 23.0 Å². The first-order valence-electron chi connectivity index (χ1n) is 16.1. The highest BCUT2D eigenvalue weighted by atomic mass is 19.1. The fraction of sp³-hybridized carbons (Fsp3) is 0.500. The Bertz CT molecular complexity index is 1810. The van der Waals surface area contributed by atoms with Gasteiger partial charge in [-0.2, -0.15) is 9.97 Å². The van der Waals surface area contributed by atoms with E-state index in [-0.39, 0.29) is 47.3 Å². The van der Waals surface area contributed by atoms with Crippen molar-refractivity contribution in [1.82, 2.24) is 19.9 Å². The summed E-state index contributed by atoms with van der Waals surface area (Å²) in [5.41, 5.74) is 0.265. The molecule has 0 aliphatic carbocycles. The molecule has 4 fully saturated rings. The molecule has 4 saturated heterocycles. The van der Waals surface area contributed by atoms with Crippen LogP contribution in [0.25, 0.3) is 32.9 Å². The van der Waals surface area contributed by atoms with Crippen molar-refractivity contribution in [3.63, 3.8) is 0 Å². The predicted molar refractivity (Wildman–Crippen MR) is 165 cm³/mol. The summed E-state index contributed by atoms with van der Waals surface area (Å²) in [6, 6.07) is 6.00. The van der Waals surface area contributed by atoms with Gasteiger partial charge in [0.2, 0.25) is 0 Å². The van der Waals surface area contributed by atoms with Crippen molar-refractivity contribution in [3.05, 3.63) is 47.7 Å². The Morgan fingerprint density at radius 1 is 1.13 bits per heavy atom. The van der Waals surface area contributed by atoms with Gasteiger partial charge < -0.3 is 19.5 Å². The summed E-state index contributed by atoms with van der Waals surface area (Å²) in [5, 5.41) is 12.1. The van der Waals surface area contributed by atoms with Gasteiger partial charge in [0, 0.05) is 37.9 Å². The zero-order chi connectivity index (χ0) is 30.9. The highest BCUT2D eigenvalue weighted by Gasteiger charge is 2.49. The Balaban J connectivity index is 1.28. The van der Waals surface area contributed by atoms with Gasteiger partial charge in [-0.1, -0.05) is 13.0 Å². The molecule has 45 heavy (non-hydrogen) atoms.